The van der Waals surface area contributed by atoms with Gasteiger partial charge < -0.3 is 10.6 Å². The number of benzene rings is 1. The predicted molar refractivity (Wildman–Crippen MR) is 101 cm³/mol. The van der Waals surface area contributed by atoms with E-state index in [0.29, 0.717) is 11.6 Å². The minimum Gasteiger partial charge on any atom is -0.369 e. The van der Waals surface area contributed by atoms with Gasteiger partial charge in [0, 0.05) is 5.69 Å². The molecule has 1 aromatic rings. The zero-order valence-electron chi connectivity index (χ0n) is 15.5. The zero-order chi connectivity index (χ0) is 18.9. The first-order valence-corrected chi connectivity index (χ1v) is 9.17. The van der Waals surface area contributed by atoms with E-state index in [0.717, 1.165) is 24.8 Å². The van der Waals surface area contributed by atoms with Gasteiger partial charge in [-0.3, -0.25) is 4.79 Å². The second-order valence-electron chi connectivity index (χ2n) is 7.83. The second kappa shape index (κ2) is 6.86. The lowest BCUT2D eigenvalue weighted by Gasteiger charge is -2.31. The molecule has 5 heteroatoms. The number of dihydropyridines is 1. The highest BCUT2D eigenvalue weighted by molar-refractivity contribution is 6.01. The third-order valence-corrected chi connectivity index (χ3v) is 5.49. The molecule has 140 valence electrons. The van der Waals surface area contributed by atoms with E-state index in [-0.39, 0.29) is 5.41 Å². The number of anilines is 1. The Bertz CT molecular complexity index is 754. The van der Waals surface area contributed by atoms with Crippen molar-refractivity contribution in [3.63, 3.8) is 0 Å². The average Bonchev–Trinajstić information content (AvgIpc) is 2.87. The molecule has 3 nitrogen and oxygen atoms in total. The molecule has 0 fully saturated rings. The van der Waals surface area contributed by atoms with E-state index < -0.39 is 17.9 Å². The van der Waals surface area contributed by atoms with Crippen LogP contribution < -0.4 is 10.6 Å². The van der Waals surface area contributed by atoms with E-state index in [2.05, 4.69) is 37.5 Å². The molecule has 26 heavy (non-hydrogen) atoms. The van der Waals surface area contributed by atoms with Gasteiger partial charge in [-0.05, 0) is 59.7 Å². The van der Waals surface area contributed by atoms with E-state index in [9.17, 15) is 13.6 Å². The molecule has 0 saturated carbocycles. The third-order valence-electron chi connectivity index (χ3n) is 5.49. The molecule has 0 saturated heterocycles. The Morgan fingerprint density at radius 2 is 2.12 bits per heavy atom. The average molecular weight is 360 g/mol. The summed E-state index contributed by atoms with van der Waals surface area (Å²) < 4.78 is 27.4. The molecule has 1 amide bonds. The lowest BCUT2D eigenvalue weighted by Crippen LogP contribution is -2.57. The van der Waals surface area contributed by atoms with Crippen molar-refractivity contribution in [1.29, 1.82) is 0 Å². The topological polar surface area (TPSA) is 41.1 Å². The molecule has 1 heterocycles. The Labute approximate surface area is 153 Å². The summed E-state index contributed by atoms with van der Waals surface area (Å²) in [5, 5.41) is 5.34. The second-order valence-corrected chi connectivity index (χ2v) is 7.83. The van der Waals surface area contributed by atoms with Gasteiger partial charge in [0.25, 0.3) is 12.3 Å². The van der Waals surface area contributed by atoms with E-state index in [1.165, 1.54) is 23.9 Å². The number of rotatable bonds is 5. The summed E-state index contributed by atoms with van der Waals surface area (Å²) >= 11 is 0. The van der Waals surface area contributed by atoms with Crippen molar-refractivity contribution < 1.29 is 13.6 Å². The molecule has 2 aliphatic rings. The van der Waals surface area contributed by atoms with E-state index in [1.54, 1.807) is 6.08 Å². The van der Waals surface area contributed by atoms with Crippen molar-refractivity contribution in [3.05, 3.63) is 53.8 Å². The van der Waals surface area contributed by atoms with Crippen LogP contribution in [0.15, 0.2) is 42.6 Å². The lowest BCUT2D eigenvalue weighted by atomic mass is 9.85. The van der Waals surface area contributed by atoms with Crippen molar-refractivity contribution in [2.24, 2.45) is 0 Å². The minimum absolute atomic E-state index is 0.0159. The monoisotopic (exact) mass is 360 g/mol. The number of hydrogen-bond donors (Lipinski definition) is 2. The number of carbonyl (C=O) groups is 1. The summed E-state index contributed by atoms with van der Waals surface area (Å²) in [4.78, 5) is 12.8. The van der Waals surface area contributed by atoms with Gasteiger partial charge in [0.2, 0.25) is 0 Å². The van der Waals surface area contributed by atoms with E-state index in [1.807, 2.05) is 12.1 Å². The number of fused-ring (bicyclic) bond motifs is 1. The van der Waals surface area contributed by atoms with Crippen LogP contribution in [0.4, 0.5) is 14.5 Å². The van der Waals surface area contributed by atoms with Crippen molar-refractivity contribution in [2.75, 3.05) is 5.32 Å². The lowest BCUT2D eigenvalue weighted by molar-refractivity contribution is -0.125. The molecule has 1 aromatic carbocycles. The van der Waals surface area contributed by atoms with Crippen LogP contribution in [0.25, 0.3) is 0 Å². The Kier molecular flexibility index (Phi) is 4.91. The van der Waals surface area contributed by atoms with Crippen LogP contribution in [0.2, 0.25) is 0 Å². The van der Waals surface area contributed by atoms with Gasteiger partial charge in [0.05, 0.1) is 0 Å². The molecular weight excluding hydrogens is 334 g/mol. The number of carbonyl (C=O) groups excluding carboxylic acids is 1. The Hall–Kier alpha value is -2.17. The first-order valence-electron chi connectivity index (χ1n) is 9.17. The molecule has 0 bridgehead atoms. The van der Waals surface area contributed by atoms with E-state index in [4.69, 9.17) is 0 Å². The fourth-order valence-corrected chi connectivity index (χ4v) is 4.23. The van der Waals surface area contributed by atoms with Crippen molar-refractivity contribution in [3.8, 4) is 0 Å². The predicted octanol–water partition coefficient (Wildman–Crippen LogP) is 4.87. The normalized spacial score (nSPS) is 25.8. The quantitative estimate of drug-likeness (QED) is 0.787. The number of allylic oxidation sites excluding steroid dienone is 2. The first-order chi connectivity index (χ1) is 12.3. The molecule has 2 N–H and O–H groups in total. The summed E-state index contributed by atoms with van der Waals surface area (Å²) in [6, 6.07) is 5.80. The third kappa shape index (κ3) is 3.04. The zero-order valence-corrected chi connectivity index (χ0v) is 15.5. The summed E-state index contributed by atoms with van der Waals surface area (Å²) in [7, 11) is 0. The van der Waals surface area contributed by atoms with Crippen LogP contribution in [0, 0.1) is 0 Å². The van der Waals surface area contributed by atoms with Gasteiger partial charge in [-0.15, -0.1) is 0 Å². The molecule has 0 radical (unpaired) electrons. The highest BCUT2D eigenvalue weighted by Gasteiger charge is 2.46. The Morgan fingerprint density at radius 1 is 1.35 bits per heavy atom. The first kappa shape index (κ1) is 18.6. The molecule has 0 spiro atoms. The van der Waals surface area contributed by atoms with Gasteiger partial charge in [-0.1, -0.05) is 45.4 Å². The number of alkyl halides is 2. The summed E-state index contributed by atoms with van der Waals surface area (Å²) in [6.07, 6.45) is 5.87. The van der Waals surface area contributed by atoms with Gasteiger partial charge in [0.1, 0.15) is 0 Å². The Balaban J connectivity index is 1.96. The molecule has 2 unspecified atom stereocenters. The maximum atomic E-state index is 13.7. The van der Waals surface area contributed by atoms with Gasteiger partial charge in [-0.2, -0.15) is 0 Å². The molecular formula is C21H26F2N2O. The Morgan fingerprint density at radius 3 is 2.73 bits per heavy atom. The highest BCUT2D eigenvalue weighted by atomic mass is 19.3. The smallest absolute Gasteiger partial charge is 0.273 e. The van der Waals surface area contributed by atoms with Crippen molar-refractivity contribution in [2.45, 2.75) is 63.3 Å². The van der Waals surface area contributed by atoms with Gasteiger partial charge in [-0.25, -0.2) is 8.78 Å². The maximum absolute atomic E-state index is 13.7. The van der Waals surface area contributed by atoms with E-state index >= 15 is 0 Å². The van der Waals surface area contributed by atoms with Crippen LogP contribution in [0.3, 0.4) is 0 Å². The minimum atomic E-state index is -2.86. The van der Waals surface area contributed by atoms with Crippen LogP contribution in [-0.4, -0.2) is 17.9 Å². The summed E-state index contributed by atoms with van der Waals surface area (Å²) in [6.45, 7) is 6.54. The molecule has 0 aromatic heterocycles. The number of hydrogen-bond acceptors (Lipinski definition) is 2. The SMILES string of the molecule is CCCC1CC(C)(C)c2cccc(NC(=O)C3(C(F)F)C=CC=CN3)c21. The molecule has 1 aliphatic carbocycles. The summed E-state index contributed by atoms with van der Waals surface area (Å²) in [5.74, 6) is -0.403. The van der Waals surface area contributed by atoms with Crippen molar-refractivity contribution >= 4 is 11.6 Å². The van der Waals surface area contributed by atoms with Crippen LogP contribution in [0.1, 0.15) is 57.1 Å². The highest BCUT2D eigenvalue weighted by Crippen LogP contribution is 2.50. The van der Waals surface area contributed by atoms with Crippen LogP contribution in [-0.2, 0) is 10.2 Å². The number of halogens is 2. The fraction of sp³-hybridized carbons (Fsp3) is 0.476. The van der Waals surface area contributed by atoms with Gasteiger partial charge in [0.15, 0.2) is 5.54 Å². The van der Waals surface area contributed by atoms with Crippen LogP contribution >= 0.6 is 0 Å². The molecule has 2 atom stereocenters. The standard InChI is InChI=1S/C21H26F2N2O/c1-4-8-14-13-20(2,3)15-9-7-10-16(17(14)15)25-19(26)21(18(22)23)11-5-6-12-24-21/h5-7,9-12,14,18,24H,4,8,13H2,1-3H3,(H,25,26). The largest absolute Gasteiger partial charge is 0.369 e. The molecule has 1 aliphatic heterocycles. The van der Waals surface area contributed by atoms with Gasteiger partial charge >= 0.3 is 0 Å². The maximum Gasteiger partial charge on any atom is 0.273 e. The molecule has 3 rings (SSSR count). The van der Waals surface area contributed by atoms with Crippen molar-refractivity contribution in [1.82, 2.24) is 5.32 Å². The number of amides is 1. The fourth-order valence-electron chi connectivity index (χ4n) is 4.23. The van der Waals surface area contributed by atoms with Crippen LogP contribution in [0.5, 0.6) is 0 Å². The number of nitrogens with one attached hydrogen (secondary N) is 2. The summed E-state index contributed by atoms with van der Waals surface area (Å²) in [5.41, 5.74) is 0.939.